The first kappa shape index (κ1) is 21.9. The summed E-state index contributed by atoms with van der Waals surface area (Å²) in [5.41, 5.74) is 2.37. The van der Waals surface area contributed by atoms with Gasteiger partial charge in [0, 0.05) is 22.9 Å². The molecule has 1 heterocycles. The van der Waals surface area contributed by atoms with Crippen molar-refractivity contribution in [3.05, 3.63) is 42.2 Å². The molecule has 0 amide bonds. The minimum Gasteiger partial charge on any atom is -0.236 e. The molecule has 148 valence electrons. The summed E-state index contributed by atoms with van der Waals surface area (Å²) in [6, 6.07) is 8.66. The van der Waals surface area contributed by atoms with E-state index in [1.165, 1.54) is 80.4 Å². The predicted octanol–water partition coefficient (Wildman–Crippen LogP) is 7.72. The first-order valence-electron chi connectivity index (χ1n) is 10.9. The van der Waals surface area contributed by atoms with Crippen LogP contribution in [0.1, 0.15) is 83.6 Å². The average molecular weight is 385 g/mol. The van der Waals surface area contributed by atoms with E-state index in [2.05, 4.69) is 48.1 Å². The zero-order valence-electron chi connectivity index (χ0n) is 17.3. The molecule has 0 aliphatic carbocycles. The monoisotopic (exact) mass is 384 g/mol. The van der Waals surface area contributed by atoms with Gasteiger partial charge in [0.2, 0.25) is 0 Å². The Kier molecular flexibility index (Phi) is 11.2. The normalized spacial score (nSPS) is 11.0. The molecule has 2 nitrogen and oxygen atoms in total. The number of aromatic nitrogens is 2. The molecule has 1 aromatic heterocycles. The maximum absolute atomic E-state index is 4.58. The van der Waals surface area contributed by atoms with Crippen LogP contribution in [-0.2, 0) is 6.42 Å². The molecule has 0 fully saturated rings. The summed E-state index contributed by atoms with van der Waals surface area (Å²) < 4.78 is 0. The van der Waals surface area contributed by atoms with Crippen LogP contribution in [0, 0.1) is 0 Å². The zero-order valence-corrected chi connectivity index (χ0v) is 18.1. The van der Waals surface area contributed by atoms with Crippen molar-refractivity contribution < 1.29 is 0 Å². The highest BCUT2D eigenvalue weighted by atomic mass is 32.2. The van der Waals surface area contributed by atoms with Crippen molar-refractivity contribution in [2.24, 2.45) is 0 Å². The summed E-state index contributed by atoms with van der Waals surface area (Å²) in [6.45, 7) is 4.51. The Morgan fingerprint density at radius 3 is 1.93 bits per heavy atom. The molecule has 0 radical (unpaired) electrons. The molecule has 2 aromatic rings. The van der Waals surface area contributed by atoms with Gasteiger partial charge in [-0.2, -0.15) is 0 Å². The van der Waals surface area contributed by atoms with Gasteiger partial charge >= 0.3 is 0 Å². The van der Waals surface area contributed by atoms with Crippen LogP contribution in [0.2, 0.25) is 0 Å². The van der Waals surface area contributed by atoms with E-state index in [-0.39, 0.29) is 0 Å². The van der Waals surface area contributed by atoms with E-state index in [4.69, 9.17) is 0 Å². The fourth-order valence-corrected chi connectivity index (χ4v) is 4.13. The van der Waals surface area contributed by atoms with Crippen molar-refractivity contribution in [2.75, 3.05) is 5.75 Å². The van der Waals surface area contributed by atoms with Crippen LogP contribution < -0.4 is 0 Å². The number of unbranched alkanes of at least 4 members (excludes halogenated alkanes) is 8. The number of benzene rings is 1. The summed E-state index contributed by atoms with van der Waals surface area (Å²) in [4.78, 5) is 10.5. The SMILES string of the molecule is CCCCCCCCCCc1cnc(-c2ccc(SCCCC)cc2)nc1. The third kappa shape index (κ3) is 8.92. The first-order chi connectivity index (χ1) is 13.3. The molecule has 0 saturated carbocycles. The van der Waals surface area contributed by atoms with Crippen molar-refractivity contribution in [3.8, 4) is 11.4 Å². The van der Waals surface area contributed by atoms with Crippen molar-refractivity contribution in [3.63, 3.8) is 0 Å². The van der Waals surface area contributed by atoms with E-state index in [0.29, 0.717) is 0 Å². The van der Waals surface area contributed by atoms with Gasteiger partial charge in [-0.3, -0.25) is 0 Å². The molecule has 3 heteroatoms. The summed E-state index contributed by atoms with van der Waals surface area (Å²) >= 11 is 1.93. The Hall–Kier alpha value is -1.35. The third-order valence-electron chi connectivity index (χ3n) is 4.90. The lowest BCUT2D eigenvalue weighted by atomic mass is 10.1. The Morgan fingerprint density at radius 1 is 0.704 bits per heavy atom. The Bertz CT molecular complexity index is 607. The van der Waals surface area contributed by atoms with Crippen molar-refractivity contribution in [1.82, 2.24) is 9.97 Å². The lowest BCUT2D eigenvalue weighted by Crippen LogP contribution is -1.93. The molecule has 27 heavy (non-hydrogen) atoms. The predicted molar refractivity (Wildman–Crippen MR) is 119 cm³/mol. The van der Waals surface area contributed by atoms with Crippen LogP contribution in [0.25, 0.3) is 11.4 Å². The molecule has 0 bridgehead atoms. The van der Waals surface area contributed by atoms with E-state index < -0.39 is 0 Å². The van der Waals surface area contributed by atoms with Gasteiger partial charge in [0.1, 0.15) is 0 Å². The van der Waals surface area contributed by atoms with Gasteiger partial charge in [0.25, 0.3) is 0 Å². The second kappa shape index (κ2) is 13.8. The van der Waals surface area contributed by atoms with Gasteiger partial charge in [0.15, 0.2) is 5.82 Å². The Labute approximate surface area is 170 Å². The summed E-state index contributed by atoms with van der Waals surface area (Å²) in [7, 11) is 0. The largest absolute Gasteiger partial charge is 0.236 e. The third-order valence-corrected chi connectivity index (χ3v) is 6.00. The number of hydrogen-bond donors (Lipinski definition) is 0. The van der Waals surface area contributed by atoms with Crippen LogP contribution in [0.5, 0.6) is 0 Å². The second-order valence-electron chi connectivity index (χ2n) is 7.37. The second-order valence-corrected chi connectivity index (χ2v) is 8.53. The van der Waals surface area contributed by atoms with E-state index in [1.807, 2.05) is 24.2 Å². The van der Waals surface area contributed by atoms with Gasteiger partial charge in [-0.15, -0.1) is 11.8 Å². The maximum atomic E-state index is 4.58. The number of aryl methyl sites for hydroxylation is 1. The van der Waals surface area contributed by atoms with Crippen LogP contribution in [0.15, 0.2) is 41.6 Å². The van der Waals surface area contributed by atoms with Gasteiger partial charge in [-0.05, 0) is 42.7 Å². The quantitative estimate of drug-likeness (QED) is 0.246. The first-order valence-corrected chi connectivity index (χ1v) is 11.9. The number of nitrogens with zero attached hydrogens (tertiary/aromatic N) is 2. The Morgan fingerprint density at radius 2 is 1.30 bits per heavy atom. The highest BCUT2D eigenvalue weighted by Gasteiger charge is 2.03. The lowest BCUT2D eigenvalue weighted by molar-refractivity contribution is 0.575. The molecule has 0 aliphatic heterocycles. The van der Waals surface area contributed by atoms with Gasteiger partial charge < -0.3 is 0 Å². The molecule has 2 rings (SSSR count). The molecule has 0 saturated heterocycles. The van der Waals surface area contributed by atoms with Crippen molar-refractivity contribution in [2.45, 2.75) is 89.4 Å². The molecule has 0 N–H and O–H groups in total. The zero-order chi connectivity index (χ0) is 19.2. The molecular weight excluding hydrogens is 348 g/mol. The van der Waals surface area contributed by atoms with Crippen molar-refractivity contribution in [1.29, 1.82) is 0 Å². The summed E-state index contributed by atoms with van der Waals surface area (Å²) in [6.07, 6.45) is 18.5. The highest BCUT2D eigenvalue weighted by Crippen LogP contribution is 2.23. The van der Waals surface area contributed by atoms with E-state index in [9.17, 15) is 0 Å². The van der Waals surface area contributed by atoms with Gasteiger partial charge in [0.05, 0.1) is 0 Å². The molecule has 0 unspecified atom stereocenters. The smallest absolute Gasteiger partial charge is 0.159 e. The molecule has 0 atom stereocenters. The van der Waals surface area contributed by atoms with E-state index in [0.717, 1.165) is 17.8 Å². The fourth-order valence-electron chi connectivity index (χ4n) is 3.13. The molecule has 1 aromatic carbocycles. The van der Waals surface area contributed by atoms with Crippen LogP contribution in [0.3, 0.4) is 0 Å². The maximum Gasteiger partial charge on any atom is 0.159 e. The van der Waals surface area contributed by atoms with Crippen LogP contribution >= 0.6 is 11.8 Å². The molecule has 0 spiro atoms. The lowest BCUT2D eigenvalue weighted by Gasteiger charge is -2.05. The fraction of sp³-hybridized carbons (Fsp3) is 0.583. The van der Waals surface area contributed by atoms with E-state index >= 15 is 0 Å². The molecule has 0 aliphatic rings. The number of rotatable bonds is 14. The average Bonchev–Trinajstić information content (AvgIpc) is 2.71. The highest BCUT2D eigenvalue weighted by molar-refractivity contribution is 7.99. The topological polar surface area (TPSA) is 25.8 Å². The summed E-state index contributed by atoms with van der Waals surface area (Å²) in [5, 5.41) is 0. The number of hydrogen-bond acceptors (Lipinski definition) is 3. The van der Waals surface area contributed by atoms with Crippen LogP contribution in [-0.4, -0.2) is 15.7 Å². The molecular formula is C24H36N2S. The van der Waals surface area contributed by atoms with Crippen LogP contribution in [0.4, 0.5) is 0 Å². The standard InChI is InChI=1S/C24H36N2S/c1-3-5-7-8-9-10-11-12-13-21-19-25-24(26-20-21)22-14-16-23(17-15-22)27-18-6-4-2/h14-17,19-20H,3-13,18H2,1-2H3. The minimum atomic E-state index is 0.833. The van der Waals surface area contributed by atoms with Gasteiger partial charge in [-0.25, -0.2) is 9.97 Å². The van der Waals surface area contributed by atoms with E-state index in [1.54, 1.807) is 0 Å². The van der Waals surface area contributed by atoms with Crippen molar-refractivity contribution >= 4 is 11.8 Å². The van der Waals surface area contributed by atoms with Gasteiger partial charge in [-0.1, -0.05) is 77.3 Å². The minimum absolute atomic E-state index is 0.833. The Balaban J connectivity index is 1.70. The summed E-state index contributed by atoms with van der Waals surface area (Å²) in [5.74, 6) is 2.03. The number of thioether (sulfide) groups is 1.